The van der Waals surface area contributed by atoms with Crippen LogP contribution in [0.2, 0.25) is 0 Å². The third-order valence-corrected chi connectivity index (χ3v) is 9.71. The molecule has 4 heteroatoms. The van der Waals surface area contributed by atoms with Crippen molar-refractivity contribution in [1.29, 1.82) is 0 Å². The first-order chi connectivity index (χ1) is 25.3. The van der Waals surface area contributed by atoms with Crippen LogP contribution in [0.15, 0.2) is 180 Å². The number of nitrogens with zero attached hydrogens (tertiary/aromatic N) is 3. The molecule has 0 radical (unpaired) electrons. The summed E-state index contributed by atoms with van der Waals surface area (Å²) in [5.41, 5.74) is 8.88. The van der Waals surface area contributed by atoms with Crippen molar-refractivity contribution in [3.8, 4) is 56.4 Å². The maximum atomic E-state index is 6.27. The molecule has 51 heavy (non-hydrogen) atoms. The molecule has 0 fully saturated rings. The van der Waals surface area contributed by atoms with E-state index in [9.17, 15) is 0 Å². The van der Waals surface area contributed by atoms with Gasteiger partial charge < -0.3 is 4.42 Å². The Kier molecular flexibility index (Phi) is 6.78. The van der Waals surface area contributed by atoms with Gasteiger partial charge in [0.05, 0.1) is 0 Å². The summed E-state index contributed by atoms with van der Waals surface area (Å²) in [4.78, 5) is 15.5. The predicted octanol–water partition coefficient (Wildman–Crippen LogP) is 12.4. The van der Waals surface area contributed by atoms with Crippen LogP contribution in [0, 0.1) is 0 Å². The van der Waals surface area contributed by atoms with Crippen LogP contribution in [-0.4, -0.2) is 15.0 Å². The van der Waals surface area contributed by atoms with Gasteiger partial charge in [-0.2, -0.15) is 0 Å². The molecule has 0 aliphatic heterocycles. The molecule has 0 atom stereocenters. The monoisotopic (exact) mass is 651 g/mol. The zero-order valence-electron chi connectivity index (χ0n) is 27.5. The Labute approximate surface area is 294 Å². The number of hydrogen-bond donors (Lipinski definition) is 0. The van der Waals surface area contributed by atoms with Gasteiger partial charge in [-0.25, -0.2) is 15.0 Å². The zero-order chi connectivity index (χ0) is 33.7. The van der Waals surface area contributed by atoms with E-state index in [0.29, 0.717) is 17.5 Å². The smallest absolute Gasteiger partial charge is 0.164 e. The van der Waals surface area contributed by atoms with Gasteiger partial charge in [-0.15, -0.1) is 0 Å². The quantitative estimate of drug-likeness (QED) is 0.174. The Balaban J connectivity index is 1.19. The second-order valence-corrected chi connectivity index (χ2v) is 12.8. The van der Waals surface area contributed by atoms with Crippen molar-refractivity contribution in [1.82, 2.24) is 15.0 Å². The van der Waals surface area contributed by atoms with Crippen molar-refractivity contribution in [3.63, 3.8) is 0 Å². The number of benzene rings is 8. The number of furan rings is 1. The third kappa shape index (κ3) is 5.04. The van der Waals surface area contributed by atoms with Crippen molar-refractivity contribution >= 4 is 43.5 Å². The molecule has 0 saturated carbocycles. The Morgan fingerprint density at radius 1 is 0.314 bits per heavy atom. The van der Waals surface area contributed by atoms with Gasteiger partial charge in [0.15, 0.2) is 17.5 Å². The zero-order valence-corrected chi connectivity index (χ0v) is 27.5. The molecule has 0 amide bonds. The lowest BCUT2D eigenvalue weighted by molar-refractivity contribution is 0.669. The summed E-state index contributed by atoms with van der Waals surface area (Å²) in [6.07, 6.45) is 0. The molecule has 2 aromatic heterocycles. The molecule has 2 heterocycles. The first-order valence-corrected chi connectivity index (χ1v) is 17.1. The van der Waals surface area contributed by atoms with Crippen LogP contribution in [-0.2, 0) is 0 Å². The lowest BCUT2D eigenvalue weighted by Crippen LogP contribution is -2.00. The normalized spacial score (nSPS) is 11.5. The lowest BCUT2D eigenvalue weighted by atomic mass is 9.93. The van der Waals surface area contributed by atoms with E-state index in [1.54, 1.807) is 0 Å². The fourth-order valence-electron chi connectivity index (χ4n) is 7.31. The van der Waals surface area contributed by atoms with Gasteiger partial charge in [0.25, 0.3) is 0 Å². The van der Waals surface area contributed by atoms with Crippen LogP contribution in [0.4, 0.5) is 0 Å². The lowest BCUT2D eigenvalue weighted by Gasteiger charge is -2.13. The summed E-state index contributed by atoms with van der Waals surface area (Å²) in [7, 11) is 0. The minimum atomic E-state index is 0.596. The standard InChI is InChI=1S/C47H29N3O/c1-2-12-30(13-3-1)33-16-8-18-35(28-33)45-48-46(50-47(49-45)40-23-11-25-42-44(40)39-21-6-7-24-41(39)51-42)36-19-9-17-34(29-36)38-22-10-15-32-27-26-31-14-4-5-20-37(31)43(32)38/h1-29H. The third-order valence-electron chi connectivity index (χ3n) is 9.71. The Bertz CT molecular complexity index is 2930. The van der Waals surface area contributed by atoms with Gasteiger partial charge in [-0.3, -0.25) is 0 Å². The molecular weight excluding hydrogens is 623 g/mol. The van der Waals surface area contributed by atoms with Crippen molar-refractivity contribution in [3.05, 3.63) is 176 Å². The highest BCUT2D eigenvalue weighted by atomic mass is 16.3. The largest absolute Gasteiger partial charge is 0.456 e. The Morgan fingerprint density at radius 2 is 0.863 bits per heavy atom. The van der Waals surface area contributed by atoms with Crippen LogP contribution >= 0.6 is 0 Å². The van der Waals surface area contributed by atoms with E-state index >= 15 is 0 Å². The van der Waals surface area contributed by atoms with Crippen molar-refractivity contribution in [2.45, 2.75) is 0 Å². The predicted molar refractivity (Wildman–Crippen MR) is 209 cm³/mol. The molecule has 0 unspecified atom stereocenters. The summed E-state index contributed by atoms with van der Waals surface area (Å²) in [5.74, 6) is 1.81. The maximum absolute atomic E-state index is 6.27. The molecule has 4 nitrogen and oxygen atoms in total. The summed E-state index contributed by atoms with van der Waals surface area (Å²) in [5, 5.41) is 6.92. The van der Waals surface area contributed by atoms with Gasteiger partial charge >= 0.3 is 0 Å². The molecule has 0 bridgehead atoms. The first kappa shape index (κ1) is 29.0. The maximum Gasteiger partial charge on any atom is 0.164 e. The van der Waals surface area contributed by atoms with E-state index in [2.05, 4.69) is 140 Å². The molecule has 10 rings (SSSR count). The molecule has 0 spiro atoms. The number of fused-ring (bicyclic) bond motifs is 6. The van der Waals surface area contributed by atoms with Gasteiger partial charge in [0.2, 0.25) is 0 Å². The molecule has 238 valence electrons. The molecule has 0 aliphatic carbocycles. The summed E-state index contributed by atoms with van der Waals surface area (Å²) in [6, 6.07) is 61.1. The number of rotatable bonds is 5. The van der Waals surface area contributed by atoms with Crippen LogP contribution in [0.25, 0.3) is 99.9 Å². The average molecular weight is 652 g/mol. The fraction of sp³-hybridized carbons (Fsp3) is 0. The number of aromatic nitrogens is 3. The molecule has 0 N–H and O–H groups in total. The molecule has 10 aromatic rings. The van der Waals surface area contributed by atoms with Crippen LogP contribution in [0.5, 0.6) is 0 Å². The summed E-state index contributed by atoms with van der Waals surface area (Å²) >= 11 is 0. The number of para-hydroxylation sites is 1. The van der Waals surface area contributed by atoms with E-state index in [0.717, 1.165) is 55.3 Å². The van der Waals surface area contributed by atoms with E-state index in [1.807, 2.05) is 36.4 Å². The van der Waals surface area contributed by atoms with Gasteiger partial charge in [0, 0.05) is 27.5 Å². The molecule has 8 aromatic carbocycles. The second-order valence-electron chi connectivity index (χ2n) is 12.8. The van der Waals surface area contributed by atoms with Crippen molar-refractivity contribution < 1.29 is 4.42 Å². The minimum Gasteiger partial charge on any atom is -0.456 e. The average Bonchev–Trinajstić information content (AvgIpc) is 3.60. The summed E-state index contributed by atoms with van der Waals surface area (Å²) in [6.45, 7) is 0. The van der Waals surface area contributed by atoms with E-state index < -0.39 is 0 Å². The van der Waals surface area contributed by atoms with Crippen LogP contribution in [0.1, 0.15) is 0 Å². The minimum absolute atomic E-state index is 0.596. The van der Waals surface area contributed by atoms with Gasteiger partial charge in [-0.05, 0) is 68.1 Å². The van der Waals surface area contributed by atoms with Gasteiger partial charge in [0.1, 0.15) is 11.2 Å². The molecule has 0 saturated heterocycles. The van der Waals surface area contributed by atoms with Crippen LogP contribution < -0.4 is 0 Å². The fourth-order valence-corrected chi connectivity index (χ4v) is 7.31. The highest BCUT2D eigenvalue weighted by Crippen LogP contribution is 2.38. The van der Waals surface area contributed by atoms with E-state index in [1.165, 1.54) is 27.1 Å². The van der Waals surface area contributed by atoms with Crippen molar-refractivity contribution in [2.75, 3.05) is 0 Å². The highest BCUT2D eigenvalue weighted by Gasteiger charge is 2.18. The Morgan fingerprint density at radius 3 is 1.71 bits per heavy atom. The van der Waals surface area contributed by atoms with E-state index in [4.69, 9.17) is 19.4 Å². The van der Waals surface area contributed by atoms with Gasteiger partial charge in [-0.1, -0.05) is 152 Å². The molecular formula is C47H29N3O. The summed E-state index contributed by atoms with van der Waals surface area (Å²) < 4.78 is 6.27. The highest BCUT2D eigenvalue weighted by molar-refractivity contribution is 6.14. The van der Waals surface area contributed by atoms with Crippen molar-refractivity contribution in [2.24, 2.45) is 0 Å². The topological polar surface area (TPSA) is 51.8 Å². The van der Waals surface area contributed by atoms with Crippen LogP contribution in [0.3, 0.4) is 0 Å². The number of hydrogen-bond acceptors (Lipinski definition) is 4. The SMILES string of the molecule is c1ccc(-c2cccc(-c3nc(-c4cccc(-c5cccc6ccc7ccccc7c56)c4)nc(-c4cccc5oc6ccccc6c45)n3)c2)cc1. The Hall–Kier alpha value is -6.91. The second kappa shape index (κ2) is 11.9. The molecule has 0 aliphatic rings. The van der Waals surface area contributed by atoms with E-state index in [-0.39, 0.29) is 0 Å². The first-order valence-electron chi connectivity index (χ1n) is 17.1.